The first-order valence-corrected chi connectivity index (χ1v) is 9.88. The van der Waals surface area contributed by atoms with Gasteiger partial charge in [0.15, 0.2) is 0 Å². The number of sulfone groups is 1. The second-order valence-corrected chi connectivity index (χ2v) is 9.25. The molecule has 1 aliphatic heterocycles. The van der Waals surface area contributed by atoms with E-state index >= 15 is 0 Å². The summed E-state index contributed by atoms with van der Waals surface area (Å²) in [5.74, 6) is -0.308. The molecule has 1 unspecified atom stereocenters. The standard InChI is InChI=1S/C16H22ClNO4S/c1-16(2)11-22-14(12-5-4-6-13(17)9-12)10-18(16)15(19)7-8-23(3,20)21/h4-6,9,14H,7-8,10-11H2,1-3H3. The SMILES string of the molecule is CC1(C)COC(c2cccc(Cl)c2)CN1C(=O)CCS(C)(=O)=O. The lowest BCUT2D eigenvalue weighted by atomic mass is 9.97. The van der Waals surface area contributed by atoms with Crippen molar-refractivity contribution in [3.63, 3.8) is 0 Å². The predicted octanol–water partition coefficient (Wildman–Crippen LogP) is 2.45. The van der Waals surface area contributed by atoms with Gasteiger partial charge in [-0.05, 0) is 31.5 Å². The maximum Gasteiger partial charge on any atom is 0.224 e. The topological polar surface area (TPSA) is 63.7 Å². The number of carbonyl (C=O) groups is 1. The Morgan fingerprint density at radius 1 is 1.43 bits per heavy atom. The van der Waals surface area contributed by atoms with Gasteiger partial charge < -0.3 is 9.64 Å². The summed E-state index contributed by atoms with van der Waals surface area (Å²) in [4.78, 5) is 14.2. The molecule has 1 fully saturated rings. The second-order valence-electron chi connectivity index (χ2n) is 6.55. The molecular formula is C16H22ClNO4S. The van der Waals surface area contributed by atoms with Crippen molar-refractivity contribution in [3.8, 4) is 0 Å². The lowest BCUT2D eigenvalue weighted by Gasteiger charge is -2.45. The van der Waals surface area contributed by atoms with Crippen molar-refractivity contribution in [1.82, 2.24) is 4.90 Å². The average molecular weight is 360 g/mol. The van der Waals surface area contributed by atoms with Gasteiger partial charge in [-0.3, -0.25) is 4.79 Å². The third kappa shape index (κ3) is 4.93. The average Bonchev–Trinajstić information content (AvgIpc) is 2.43. The molecule has 1 atom stereocenters. The number of benzene rings is 1. The van der Waals surface area contributed by atoms with E-state index in [0.29, 0.717) is 18.2 Å². The van der Waals surface area contributed by atoms with E-state index < -0.39 is 15.4 Å². The zero-order valence-corrected chi connectivity index (χ0v) is 15.2. The van der Waals surface area contributed by atoms with Crippen molar-refractivity contribution < 1.29 is 17.9 Å². The molecule has 2 rings (SSSR count). The van der Waals surface area contributed by atoms with Gasteiger partial charge in [0.1, 0.15) is 15.9 Å². The third-order valence-electron chi connectivity index (χ3n) is 3.93. The van der Waals surface area contributed by atoms with Crippen LogP contribution in [0, 0.1) is 0 Å². The number of carbonyl (C=O) groups excluding carboxylic acids is 1. The first kappa shape index (κ1) is 18.2. The minimum absolute atomic E-state index is 0.00940. The summed E-state index contributed by atoms with van der Waals surface area (Å²) in [6, 6.07) is 7.36. The Labute approximate surface area is 142 Å². The van der Waals surface area contributed by atoms with E-state index in [2.05, 4.69) is 0 Å². The molecule has 0 aliphatic carbocycles. The minimum Gasteiger partial charge on any atom is -0.369 e. The molecular weight excluding hydrogens is 338 g/mol. The lowest BCUT2D eigenvalue weighted by molar-refractivity contribution is -0.154. The molecule has 0 aromatic heterocycles. The first-order chi connectivity index (χ1) is 10.6. The number of ether oxygens (including phenoxy) is 1. The molecule has 23 heavy (non-hydrogen) atoms. The van der Waals surface area contributed by atoms with Crippen LogP contribution in [0.25, 0.3) is 0 Å². The Bertz CT molecular complexity index is 687. The van der Waals surface area contributed by atoms with Crippen molar-refractivity contribution in [1.29, 1.82) is 0 Å². The number of hydrogen-bond acceptors (Lipinski definition) is 4. The van der Waals surface area contributed by atoms with Gasteiger partial charge >= 0.3 is 0 Å². The van der Waals surface area contributed by atoms with Gasteiger partial charge in [0.2, 0.25) is 5.91 Å². The van der Waals surface area contributed by atoms with Crippen LogP contribution in [0.3, 0.4) is 0 Å². The van der Waals surface area contributed by atoms with Gasteiger partial charge in [-0.2, -0.15) is 0 Å². The summed E-state index contributed by atoms with van der Waals surface area (Å²) in [7, 11) is -3.16. The number of nitrogens with zero attached hydrogens (tertiary/aromatic N) is 1. The molecule has 0 bridgehead atoms. The van der Waals surface area contributed by atoms with Gasteiger partial charge in [-0.25, -0.2) is 8.42 Å². The lowest BCUT2D eigenvalue weighted by Crippen LogP contribution is -2.56. The molecule has 0 saturated carbocycles. The van der Waals surface area contributed by atoms with Crippen molar-refractivity contribution in [2.24, 2.45) is 0 Å². The molecule has 1 heterocycles. The smallest absolute Gasteiger partial charge is 0.224 e. The Morgan fingerprint density at radius 2 is 2.13 bits per heavy atom. The van der Waals surface area contributed by atoms with E-state index in [1.165, 1.54) is 0 Å². The number of amides is 1. The fourth-order valence-electron chi connectivity index (χ4n) is 2.60. The van der Waals surface area contributed by atoms with E-state index in [9.17, 15) is 13.2 Å². The third-order valence-corrected chi connectivity index (χ3v) is 5.11. The van der Waals surface area contributed by atoms with Crippen LogP contribution in [0.15, 0.2) is 24.3 Å². The Balaban J connectivity index is 2.14. The molecule has 0 radical (unpaired) electrons. The molecule has 5 nitrogen and oxygen atoms in total. The highest BCUT2D eigenvalue weighted by atomic mass is 35.5. The zero-order chi connectivity index (χ0) is 17.3. The normalized spacial score (nSPS) is 21.2. The summed E-state index contributed by atoms with van der Waals surface area (Å²) < 4.78 is 28.5. The van der Waals surface area contributed by atoms with Crippen LogP contribution in [0.5, 0.6) is 0 Å². The van der Waals surface area contributed by atoms with Crippen LogP contribution in [-0.4, -0.2) is 49.9 Å². The highest BCUT2D eigenvalue weighted by Crippen LogP contribution is 2.31. The molecule has 128 valence electrons. The Kier molecular flexibility index (Phi) is 5.38. The van der Waals surface area contributed by atoms with Crippen LogP contribution < -0.4 is 0 Å². The predicted molar refractivity (Wildman–Crippen MR) is 90.3 cm³/mol. The van der Waals surface area contributed by atoms with Crippen LogP contribution in [0.1, 0.15) is 31.9 Å². The maximum atomic E-state index is 12.5. The monoisotopic (exact) mass is 359 g/mol. The fourth-order valence-corrected chi connectivity index (χ4v) is 3.35. The number of morpholine rings is 1. The van der Waals surface area contributed by atoms with E-state index in [0.717, 1.165) is 11.8 Å². The van der Waals surface area contributed by atoms with Crippen molar-refractivity contribution in [3.05, 3.63) is 34.9 Å². The van der Waals surface area contributed by atoms with E-state index in [4.69, 9.17) is 16.3 Å². The number of rotatable bonds is 4. The Morgan fingerprint density at radius 3 is 2.74 bits per heavy atom. The van der Waals surface area contributed by atoms with Gasteiger partial charge in [0.25, 0.3) is 0 Å². The van der Waals surface area contributed by atoms with Gasteiger partial charge in [0, 0.05) is 17.7 Å². The summed E-state index contributed by atoms with van der Waals surface area (Å²) >= 11 is 6.02. The van der Waals surface area contributed by atoms with Crippen LogP contribution in [-0.2, 0) is 19.4 Å². The molecule has 1 amide bonds. The van der Waals surface area contributed by atoms with Crippen LogP contribution in [0.2, 0.25) is 5.02 Å². The molecule has 1 aliphatic rings. The van der Waals surface area contributed by atoms with E-state index in [1.807, 2.05) is 32.0 Å². The van der Waals surface area contributed by atoms with Gasteiger partial charge in [-0.1, -0.05) is 23.7 Å². The summed E-state index contributed by atoms with van der Waals surface area (Å²) in [6.07, 6.45) is 0.869. The largest absolute Gasteiger partial charge is 0.369 e. The summed E-state index contributed by atoms with van der Waals surface area (Å²) in [6.45, 7) is 4.60. The minimum atomic E-state index is -3.16. The van der Waals surface area contributed by atoms with Crippen molar-refractivity contribution in [2.45, 2.75) is 31.9 Å². The van der Waals surface area contributed by atoms with Crippen molar-refractivity contribution >= 4 is 27.3 Å². The molecule has 0 N–H and O–H groups in total. The highest BCUT2D eigenvalue weighted by molar-refractivity contribution is 7.90. The van der Waals surface area contributed by atoms with E-state index in [1.54, 1.807) is 11.0 Å². The summed E-state index contributed by atoms with van der Waals surface area (Å²) in [5, 5.41) is 0.617. The maximum absolute atomic E-state index is 12.5. The molecule has 7 heteroatoms. The first-order valence-electron chi connectivity index (χ1n) is 7.44. The number of halogens is 1. The van der Waals surface area contributed by atoms with Gasteiger partial charge in [0.05, 0.1) is 24.4 Å². The second kappa shape index (κ2) is 6.79. The quantitative estimate of drug-likeness (QED) is 0.828. The molecule has 1 aromatic carbocycles. The van der Waals surface area contributed by atoms with Crippen LogP contribution >= 0.6 is 11.6 Å². The molecule has 1 aromatic rings. The Hall–Kier alpha value is -1.11. The van der Waals surface area contributed by atoms with Crippen LogP contribution in [0.4, 0.5) is 0 Å². The van der Waals surface area contributed by atoms with Crippen molar-refractivity contribution in [2.75, 3.05) is 25.2 Å². The molecule has 0 spiro atoms. The fraction of sp³-hybridized carbons (Fsp3) is 0.562. The molecule has 1 saturated heterocycles. The van der Waals surface area contributed by atoms with E-state index in [-0.39, 0.29) is 24.2 Å². The summed E-state index contributed by atoms with van der Waals surface area (Å²) in [5.41, 5.74) is 0.442. The number of hydrogen-bond donors (Lipinski definition) is 0. The highest BCUT2D eigenvalue weighted by Gasteiger charge is 2.38. The van der Waals surface area contributed by atoms with Gasteiger partial charge in [-0.15, -0.1) is 0 Å². The zero-order valence-electron chi connectivity index (χ0n) is 13.6.